The van der Waals surface area contributed by atoms with Gasteiger partial charge in [0.15, 0.2) is 0 Å². The number of rotatable bonds is 5. The summed E-state index contributed by atoms with van der Waals surface area (Å²) in [5, 5.41) is 3.25. The van der Waals surface area contributed by atoms with Crippen LogP contribution in [0.1, 0.15) is 22.3 Å². The normalized spacial score (nSPS) is 10.7. The third-order valence-electron chi connectivity index (χ3n) is 3.06. The maximum atomic E-state index is 3.25. The monoisotopic (exact) mass is 271 g/mol. The maximum Gasteiger partial charge on any atom is 0.0232 e. The van der Waals surface area contributed by atoms with Crippen LogP contribution in [0.15, 0.2) is 47.4 Å². The largest absolute Gasteiger partial charge is 0.316 e. The Hall–Kier alpha value is -1.25. The van der Waals surface area contributed by atoms with Crippen molar-refractivity contribution in [3.8, 4) is 0 Å². The highest BCUT2D eigenvalue weighted by Crippen LogP contribution is 2.27. The van der Waals surface area contributed by atoms with E-state index in [-0.39, 0.29) is 0 Å². The van der Waals surface area contributed by atoms with Gasteiger partial charge in [-0.05, 0) is 38.1 Å². The van der Waals surface area contributed by atoms with Gasteiger partial charge in [0, 0.05) is 17.2 Å². The zero-order valence-corrected chi connectivity index (χ0v) is 12.7. The van der Waals surface area contributed by atoms with Crippen molar-refractivity contribution in [1.29, 1.82) is 0 Å². The van der Waals surface area contributed by atoms with Crippen molar-refractivity contribution in [3.63, 3.8) is 0 Å². The lowest BCUT2D eigenvalue weighted by molar-refractivity contribution is 0.802. The minimum atomic E-state index is 0.928. The summed E-state index contributed by atoms with van der Waals surface area (Å²) < 4.78 is 0. The molecule has 0 aliphatic rings. The van der Waals surface area contributed by atoms with E-state index in [2.05, 4.69) is 61.6 Å². The van der Waals surface area contributed by atoms with E-state index >= 15 is 0 Å². The number of hydrogen-bond acceptors (Lipinski definition) is 2. The average molecular weight is 271 g/mol. The maximum absolute atomic E-state index is 3.25. The Morgan fingerprint density at radius 3 is 2.53 bits per heavy atom. The van der Waals surface area contributed by atoms with Gasteiger partial charge in [-0.1, -0.05) is 47.5 Å². The second-order valence-electron chi connectivity index (χ2n) is 4.92. The topological polar surface area (TPSA) is 12.0 Å². The van der Waals surface area contributed by atoms with Gasteiger partial charge in [0.2, 0.25) is 0 Å². The molecule has 0 saturated carbocycles. The quantitative estimate of drug-likeness (QED) is 0.813. The van der Waals surface area contributed by atoms with Crippen LogP contribution in [0.25, 0.3) is 0 Å². The molecule has 0 atom stereocenters. The van der Waals surface area contributed by atoms with Crippen molar-refractivity contribution in [2.75, 3.05) is 7.05 Å². The second-order valence-corrected chi connectivity index (χ2v) is 5.94. The Kier molecular flexibility index (Phi) is 5.06. The van der Waals surface area contributed by atoms with Crippen LogP contribution in [0.3, 0.4) is 0 Å². The Balaban J connectivity index is 2.10. The molecule has 2 heteroatoms. The number of benzene rings is 2. The molecule has 100 valence electrons. The zero-order chi connectivity index (χ0) is 13.7. The SMILES string of the molecule is CNCc1cc(C)ccc1SCc1cccc(C)c1. The van der Waals surface area contributed by atoms with Gasteiger partial charge in [-0.15, -0.1) is 11.8 Å². The lowest BCUT2D eigenvalue weighted by Crippen LogP contribution is -2.06. The van der Waals surface area contributed by atoms with Gasteiger partial charge < -0.3 is 5.32 Å². The summed E-state index contributed by atoms with van der Waals surface area (Å²) in [4.78, 5) is 1.38. The molecule has 1 N–H and O–H groups in total. The molecule has 0 aliphatic carbocycles. The van der Waals surface area contributed by atoms with E-state index in [1.165, 1.54) is 27.1 Å². The average Bonchev–Trinajstić information content (AvgIpc) is 2.38. The van der Waals surface area contributed by atoms with Crippen LogP contribution in [0.2, 0.25) is 0 Å². The molecule has 0 saturated heterocycles. The predicted octanol–water partition coefficient (Wildman–Crippen LogP) is 4.32. The molecule has 0 amide bonds. The van der Waals surface area contributed by atoms with Gasteiger partial charge in [-0.3, -0.25) is 0 Å². The molecule has 0 heterocycles. The molecular weight excluding hydrogens is 250 g/mol. The molecule has 0 unspecified atom stereocenters. The fraction of sp³-hybridized carbons (Fsp3) is 0.294. The first-order chi connectivity index (χ1) is 9.19. The fourth-order valence-corrected chi connectivity index (χ4v) is 3.12. The molecule has 0 radical (unpaired) electrons. The molecule has 0 aliphatic heterocycles. The summed E-state index contributed by atoms with van der Waals surface area (Å²) in [6, 6.07) is 15.4. The smallest absolute Gasteiger partial charge is 0.0232 e. The Morgan fingerprint density at radius 2 is 1.79 bits per heavy atom. The van der Waals surface area contributed by atoms with Crippen molar-refractivity contribution in [2.45, 2.75) is 31.0 Å². The van der Waals surface area contributed by atoms with Crippen molar-refractivity contribution in [3.05, 3.63) is 64.7 Å². The van der Waals surface area contributed by atoms with Crippen LogP contribution in [0.5, 0.6) is 0 Å². The molecule has 1 nitrogen and oxygen atoms in total. The van der Waals surface area contributed by atoms with Crippen molar-refractivity contribution in [2.24, 2.45) is 0 Å². The first-order valence-corrected chi connectivity index (χ1v) is 7.60. The van der Waals surface area contributed by atoms with Gasteiger partial charge in [-0.25, -0.2) is 0 Å². The van der Waals surface area contributed by atoms with Crippen LogP contribution in [0, 0.1) is 13.8 Å². The number of aryl methyl sites for hydroxylation is 2. The summed E-state index contributed by atoms with van der Waals surface area (Å²) >= 11 is 1.92. The van der Waals surface area contributed by atoms with Crippen molar-refractivity contribution >= 4 is 11.8 Å². The summed E-state index contributed by atoms with van der Waals surface area (Å²) in [6.07, 6.45) is 0. The summed E-state index contributed by atoms with van der Waals surface area (Å²) in [5.74, 6) is 1.03. The highest BCUT2D eigenvalue weighted by Gasteiger charge is 2.03. The van der Waals surface area contributed by atoms with E-state index in [4.69, 9.17) is 0 Å². The first kappa shape index (κ1) is 14.2. The Bertz CT molecular complexity index is 549. The van der Waals surface area contributed by atoms with Gasteiger partial charge in [0.05, 0.1) is 0 Å². The lowest BCUT2D eigenvalue weighted by atomic mass is 10.1. The molecule has 0 bridgehead atoms. The Labute approximate surface area is 120 Å². The highest BCUT2D eigenvalue weighted by atomic mass is 32.2. The zero-order valence-electron chi connectivity index (χ0n) is 11.9. The molecule has 19 heavy (non-hydrogen) atoms. The number of nitrogens with one attached hydrogen (secondary N) is 1. The van der Waals surface area contributed by atoms with Crippen molar-refractivity contribution < 1.29 is 0 Å². The second kappa shape index (κ2) is 6.78. The van der Waals surface area contributed by atoms with Crippen LogP contribution >= 0.6 is 11.8 Å². The van der Waals surface area contributed by atoms with Crippen LogP contribution < -0.4 is 5.32 Å². The molecule has 2 rings (SSSR count). The van der Waals surface area contributed by atoms with Gasteiger partial charge in [0.1, 0.15) is 0 Å². The molecule has 0 fully saturated rings. The summed E-state index contributed by atoms with van der Waals surface area (Å²) in [7, 11) is 2.00. The third-order valence-corrected chi connectivity index (χ3v) is 4.25. The molecule has 2 aromatic rings. The van der Waals surface area contributed by atoms with E-state index in [0.717, 1.165) is 12.3 Å². The summed E-state index contributed by atoms with van der Waals surface area (Å²) in [5.41, 5.74) is 5.43. The van der Waals surface area contributed by atoms with Gasteiger partial charge in [0.25, 0.3) is 0 Å². The van der Waals surface area contributed by atoms with Gasteiger partial charge in [-0.2, -0.15) is 0 Å². The van der Waals surface area contributed by atoms with E-state index in [0.29, 0.717) is 0 Å². The van der Waals surface area contributed by atoms with E-state index < -0.39 is 0 Å². The fourth-order valence-electron chi connectivity index (χ4n) is 2.14. The van der Waals surface area contributed by atoms with E-state index in [9.17, 15) is 0 Å². The molecule has 0 spiro atoms. The van der Waals surface area contributed by atoms with Crippen LogP contribution in [-0.2, 0) is 12.3 Å². The minimum absolute atomic E-state index is 0.928. The molecular formula is C17H21NS. The first-order valence-electron chi connectivity index (χ1n) is 6.61. The van der Waals surface area contributed by atoms with Crippen molar-refractivity contribution in [1.82, 2.24) is 5.32 Å². The lowest BCUT2D eigenvalue weighted by Gasteiger charge is -2.10. The minimum Gasteiger partial charge on any atom is -0.316 e. The number of hydrogen-bond donors (Lipinski definition) is 1. The number of thioether (sulfide) groups is 1. The van der Waals surface area contributed by atoms with Crippen LogP contribution in [0.4, 0.5) is 0 Å². The third kappa shape index (κ3) is 4.12. The molecule has 0 aromatic heterocycles. The standard InChI is InChI=1S/C17H21NS/c1-13-5-4-6-15(9-13)12-19-17-8-7-14(2)10-16(17)11-18-3/h4-10,18H,11-12H2,1-3H3. The summed E-state index contributed by atoms with van der Waals surface area (Å²) in [6.45, 7) is 5.22. The Morgan fingerprint density at radius 1 is 1.00 bits per heavy atom. The van der Waals surface area contributed by atoms with E-state index in [1.54, 1.807) is 0 Å². The highest BCUT2D eigenvalue weighted by molar-refractivity contribution is 7.98. The molecule has 2 aromatic carbocycles. The van der Waals surface area contributed by atoms with E-state index in [1.807, 2.05) is 18.8 Å². The van der Waals surface area contributed by atoms with Crippen LogP contribution in [-0.4, -0.2) is 7.05 Å². The van der Waals surface area contributed by atoms with Gasteiger partial charge >= 0.3 is 0 Å². The predicted molar refractivity (Wildman–Crippen MR) is 84.7 cm³/mol.